The summed E-state index contributed by atoms with van der Waals surface area (Å²) in [6, 6.07) is 19.5. The second kappa shape index (κ2) is 5.43. The Morgan fingerprint density at radius 3 is 2.57 bits per heavy atom. The van der Waals surface area contributed by atoms with Crippen LogP contribution in [-0.2, 0) is 0 Å². The van der Waals surface area contributed by atoms with E-state index in [4.69, 9.17) is 9.47 Å². The number of fused-ring (bicyclic) bond motifs is 3. The molecule has 3 heteroatoms. The lowest BCUT2D eigenvalue weighted by molar-refractivity contribution is 0.0853. The van der Waals surface area contributed by atoms with Gasteiger partial charge >= 0.3 is 0 Å². The van der Waals surface area contributed by atoms with E-state index in [-0.39, 0.29) is 11.9 Å². The number of ether oxygens (including phenoxy) is 2. The molecule has 1 atom stereocenters. The number of hydrogen-bond donors (Lipinski definition) is 0. The quantitative estimate of drug-likeness (QED) is 0.696. The van der Waals surface area contributed by atoms with Gasteiger partial charge in [-0.15, -0.1) is 0 Å². The Kier molecular flexibility index (Phi) is 3.27. The van der Waals surface area contributed by atoms with Crippen LogP contribution < -0.4 is 9.47 Å². The molecule has 0 radical (unpaired) electrons. The summed E-state index contributed by atoms with van der Waals surface area (Å²) in [5.41, 5.74) is 1.69. The number of methoxy groups -OCH3 is 1. The van der Waals surface area contributed by atoms with E-state index in [0.29, 0.717) is 17.7 Å². The molecular weight excluding hydrogens is 288 g/mol. The number of benzene rings is 3. The maximum Gasteiger partial charge on any atom is 0.171 e. The van der Waals surface area contributed by atoms with Crippen LogP contribution in [0, 0.1) is 0 Å². The highest BCUT2D eigenvalue weighted by atomic mass is 16.5. The molecule has 3 nitrogen and oxygen atoms in total. The predicted octanol–water partition coefficient (Wildman–Crippen LogP) is 4.55. The van der Waals surface area contributed by atoms with E-state index in [1.807, 2.05) is 60.7 Å². The molecule has 0 N–H and O–H groups in total. The zero-order chi connectivity index (χ0) is 15.8. The van der Waals surface area contributed by atoms with Crippen molar-refractivity contribution in [2.24, 2.45) is 0 Å². The highest BCUT2D eigenvalue weighted by Gasteiger charge is 2.29. The molecule has 23 heavy (non-hydrogen) atoms. The van der Waals surface area contributed by atoms with Crippen LogP contribution in [0.1, 0.15) is 28.4 Å². The highest BCUT2D eigenvalue weighted by Crippen LogP contribution is 2.38. The van der Waals surface area contributed by atoms with Crippen LogP contribution in [0.15, 0.2) is 60.7 Å². The first kappa shape index (κ1) is 13.8. The molecule has 0 aliphatic carbocycles. The number of rotatable bonds is 2. The topological polar surface area (TPSA) is 35.5 Å². The van der Waals surface area contributed by atoms with Crippen LogP contribution in [0.5, 0.6) is 11.5 Å². The first-order valence-corrected chi connectivity index (χ1v) is 7.62. The van der Waals surface area contributed by atoms with Crippen LogP contribution in [0.25, 0.3) is 10.8 Å². The summed E-state index contributed by atoms with van der Waals surface area (Å²) in [5, 5.41) is 2.02. The Morgan fingerprint density at radius 1 is 1.00 bits per heavy atom. The summed E-state index contributed by atoms with van der Waals surface area (Å²) in [6.07, 6.45) is 0.106. The van der Waals surface area contributed by atoms with Crippen molar-refractivity contribution in [3.05, 3.63) is 71.8 Å². The monoisotopic (exact) mass is 304 g/mol. The molecule has 1 unspecified atom stereocenters. The van der Waals surface area contributed by atoms with Crippen LogP contribution in [0.4, 0.5) is 0 Å². The second-order valence-electron chi connectivity index (χ2n) is 5.67. The van der Waals surface area contributed by atoms with E-state index in [9.17, 15) is 4.79 Å². The average molecular weight is 304 g/mol. The van der Waals surface area contributed by atoms with Gasteiger partial charge in [0.1, 0.15) is 17.6 Å². The minimum Gasteiger partial charge on any atom is -0.497 e. The Labute approximate surface area is 134 Å². The normalized spacial score (nSPS) is 16.7. The van der Waals surface area contributed by atoms with Gasteiger partial charge in [-0.05, 0) is 34.5 Å². The minimum atomic E-state index is -0.248. The molecule has 1 aliphatic rings. The lowest BCUT2D eigenvalue weighted by Gasteiger charge is -2.26. The standard InChI is InChI=1S/C20H16O3/c1-22-15-9-6-14(7-10-15)19-12-17(21)20-16-5-3-2-4-13(16)8-11-18(20)23-19/h2-11,19H,12H2,1H3. The van der Waals surface area contributed by atoms with Crippen molar-refractivity contribution >= 4 is 16.6 Å². The molecule has 0 saturated carbocycles. The van der Waals surface area contributed by atoms with Gasteiger partial charge < -0.3 is 9.47 Å². The summed E-state index contributed by atoms with van der Waals surface area (Å²) >= 11 is 0. The predicted molar refractivity (Wildman–Crippen MR) is 89.3 cm³/mol. The minimum absolute atomic E-state index is 0.129. The fraction of sp³-hybridized carbons (Fsp3) is 0.150. The van der Waals surface area contributed by atoms with Crippen molar-refractivity contribution in [2.75, 3.05) is 7.11 Å². The second-order valence-corrected chi connectivity index (χ2v) is 5.67. The number of carbonyl (C=O) groups excluding carboxylic acids is 1. The summed E-state index contributed by atoms with van der Waals surface area (Å²) < 4.78 is 11.3. The number of carbonyl (C=O) groups is 1. The van der Waals surface area contributed by atoms with Crippen molar-refractivity contribution < 1.29 is 14.3 Å². The molecule has 0 fully saturated rings. The maximum absolute atomic E-state index is 12.7. The van der Waals surface area contributed by atoms with Gasteiger partial charge in [0.15, 0.2) is 5.78 Å². The van der Waals surface area contributed by atoms with Crippen LogP contribution in [0.3, 0.4) is 0 Å². The molecule has 0 amide bonds. The van der Waals surface area contributed by atoms with E-state index < -0.39 is 0 Å². The summed E-state index contributed by atoms with van der Waals surface area (Å²) in [4.78, 5) is 12.7. The third-order valence-corrected chi connectivity index (χ3v) is 4.30. The van der Waals surface area contributed by atoms with E-state index in [1.54, 1.807) is 7.11 Å². The Balaban J connectivity index is 1.74. The van der Waals surface area contributed by atoms with Crippen molar-refractivity contribution in [3.8, 4) is 11.5 Å². The zero-order valence-electron chi connectivity index (χ0n) is 12.8. The smallest absolute Gasteiger partial charge is 0.171 e. The van der Waals surface area contributed by atoms with Crippen LogP contribution in [0.2, 0.25) is 0 Å². The molecule has 1 heterocycles. The molecule has 0 aromatic heterocycles. The Hall–Kier alpha value is -2.81. The number of Topliss-reactive ketones (excluding diaryl/α,β-unsaturated/α-hetero) is 1. The van der Waals surface area contributed by atoms with Gasteiger partial charge in [-0.2, -0.15) is 0 Å². The summed E-state index contributed by atoms with van der Waals surface area (Å²) in [6.45, 7) is 0. The van der Waals surface area contributed by atoms with Gasteiger partial charge in [0.05, 0.1) is 19.1 Å². The third kappa shape index (κ3) is 2.34. The first-order chi connectivity index (χ1) is 11.3. The Morgan fingerprint density at radius 2 is 1.78 bits per heavy atom. The summed E-state index contributed by atoms with van der Waals surface area (Å²) in [7, 11) is 1.64. The molecule has 1 aliphatic heterocycles. The fourth-order valence-corrected chi connectivity index (χ4v) is 3.11. The zero-order valence-corrected chi connectivity index (χ0v) is 12.8. The fourth-order valence-electron chi connectivity index (χ4n) is 3.11. The lowest BCUT2D eigenvalue weighted by atomic mass is 9.92. The largest absolute Gasteiger partial charge is 0.497 e. The van der Waals surface area contributed by atoms with Gasteiger partial charge in [-0.1, -0.05) is 42.5 Å². The van der Waals surface area contributed by atoms with Crippen molar-refractivity contribution in [1.82, 2.24) is 0 Å². The molecule has 3 aromatic carbocycles. The van der Waals surface area contributed by atoms with Crippen molar-refractivity contribution in [2.45, 2.75) is 12.5 Å². The lowest BCUT2D eigenvalue weighted by Crippen LogP contribution is -2.20. The van der Waals surface area contributed by atoms with E-state index in [2.05, 4.69) is 0 Å². The van der Waals surface area contributed by atoms with E-state index in [0.717, 1.165) is 22.1 Å². The van der Waals surface area contributed by atoms with Gasteiger partial charge in [-0.3, -0.25) is 4.79 Å². The van der Waals surface area contributed by atoms with Gasteiger partial charge in [-0.25, -0.2) is 0 Å². The molecule has 0 spiro atoms. The first-order valence-electron chi connectivity index (χ1n) is 7.62. The van der Waals surface area contributed by atoms with Crippen LogP contribution >= 0.6 is 0 Å². The van der Waals surface area contributed by atoms with E-state index in [1.165, 1.54) is 0 Å². The van der Waals surface area contributed by atoms with Gasteiger partial charge in [0.2, 0.25) is 0 Å². The van der Waals surface area contributed by atoms with Gasteiger partial charge in [0, 0.05) is 0 Å². The van der Waals surface area contributed by atoms with E-state index >= 15 is 0 Å². The molecule has 0 bridgehead atoms. The molecular formula is C20H16O3. The van der Waals surface area contributed by atoms with Crippen molar-refractivity contribution in [3.63, 3.8) is 0 Å². The number of ketones is 1. The average Bonchev–Trinajstić information content (AvgIpc) is 2.61. The van der Waals surface area contributed by atoms with Crippen LogP contribution in [-0.4, -0.2) is 12.9 Å². The third-order valence-electron chi connectivity index (χ3n) is 4.30. The molecule has 4 rings (SSSR count). The molecule has 114 valence electrons. The maximum atomic E-state index is 12.7. The number of hydrogen-bond acceptors (Lipinski definition) is 3. The van der Waals surface area contributed by atoms with Gasteiger partial charge in [0.25, 0.3) is 0 Å². The highest BCUT2D eigenvalue weighted by molar-refractivity contribution is 6.11. The van der Waals surface area contributed by atoms with Crippen molar-refractivity contribution in [1.29, 1.82) is 0 Å². The summed E-state index contributed by atoms with van der Waals surface area (Å²) in [5.74, 6) is 1.59. The SMILES string of the molecule is COc1ccc(C2CC(=O)c3c(ccc4ccccc34)O2)cc1. The Bertz CT molecular complexity index is 881. The molecule has 3 aromatic rings. The molecule has 0 saturated heterocycles.